The predicted octanol–water partition coefficient (Wildman–Crippen LogP) is 2.13. The summed E-state index contributed by atoms with van der Waals surface area (Å²) in [5, 5.41) is 0. The molecular formula is C18H25NO6. The van der Waals surface area contributed by atoms with Gasteiger partial charge in [0, 0.05) is 25.2 Å². The molecule has 0 spiro atoms. The molecule has 0 bridgehead atoms. The Labute approximate surface area is 147 Å². The highest BCUT2D eigenvalue weighted by Crippen LogP contribution is 2.34. The summed E-state index contributed by atoms with van der Waals surface area (Å²) in [6.07, 6.45) is 2.09. The largest absolute Gasteiger partial charge is 0.496 e. The Balaban J connectivity index is 2.06. The van der Waals surface area contributed by atoms with Gasteiger partial charge in [0.15, 0.2) is 18.1 Å². The maximum Gasteiger partial charge on any atom is 0.342 e. The lowest BCUT2D eigenvalue weighted by molar-refractivity contribution is -0.136. The van der Waals surface area contributed by atoms with Crippen molar-refractivity contribution in [3.05, 3.63) is 17.7 Å². The molecular weight excluding hydrogens is 326 g/mol. The number of amides is 1. The predicted molar refractivity (Wildman–Crippen MR) is 91.4 cm³/mol. The highest BCUT2D eigenvalue weighted by Gasteiger charge is 2.24. The van der Waals surface area contributed by atoms with Crippen LogP contribution in [0.2, 0.25) is 0 Å². The SMILES string of the molecule is COc1cc(OC)c(C(=O)OCC(=O)N2CCCC(C)C2)cc1OC. The van der Waals surface area contributed by atoms with Gasteiger partial charge in [-0.15, -0.1) is 0 Å². The molecule has 7 nitrogen and oxygen atoms in total. The first-order valence-corrected chi connectivity index (χ1v) is 8.25. The molecule has 0 radical (unpaired) electrons. The molecule has 0 aliphatic carbocycles. The molecule has 1 aromatic carbocycles. The van der Waals surface area contributed by atoms with Gasteiger partial charge in [-0.05, 0) is 18.8 Å². The van der Waals surface area contributed by atoms with E-state index in [1.165, 1.54) is 27.4 Å². The minimum absolute atomic E-state index is 0.181. The highest BCUT2D eigenvalue weighted by molar-refractivity contribution is 5.95. The number of hydrogen-bond donors (Lipinski definition) is 0. The Morgan fingerprint density at radius 1 is 1.08 bits per heavy atom. The first-order valence-electron chi connectivity index (χ1n) is 8.25. The number of carbonyl (C=O) groups excluding carboxylic acids is 2. The quantitative estimate of drug-likeness (QED) is 0.731. The number of carbonyl (C=O) groups is 2. The molecule has 1 atom stereocenters. The van der Waals surface area contributed by atoms with E-state index in [0.717, 1.165) is 12.8 Å². The number of piperidine rings is 1. The van der Waals surface area contributed by atoms with Gasteiger partial charge >= 0.3 is 5.97 Å². The zero-order valence-electron chi connectivity index (χ0n) is 15.2. The highest BCUT2D eigenvalue weighted by atomic mass is 16.5. The average molecular weight is 351 g/mol. The van der Waals surface area contributed by atoms with E-state index < -0.39 is 5.97 Å². The third-order valence-electron chi connectivity index (χ3n) is 4.26. The zero-order chi connectivity index (χ0) is 18.4. The van der Waals surface area contributed by atoms with E-state index in [4.69, 9.17) is 18.9 Å². The molecule has 0 N–H and O–H groups in total. The monoisotopic (exact) mass is 351 g/mol. The Bertz CT molecular complexity index is 630. The average Bonchev–Trinajstić information content (AvgIpc) is 2.64. The molecule has 0 aromatic heterocycles. The van der Waals surface area contributed by atoms with Gasteiger partial charge in [-0.25, -0.2) is 4.79 Å². The second-order valence-electron chi connectivity index (χ2n) is 6.07. The van der Waals surface area contributed by atoms with Crippen LogP contribution in [0, 0.1) is 5.92 Å². The van der Waals surface area contributed by atoms with E-state index in [2.05, 4.69) is 6.92 Å². The summed E-state index contributed by atoms with van der Waals surface area (Å²) in [5.41, 5.74) is 0.181. The molecule has 1 aliphatic heterocycles. The second kappa shape index (κ2) is 8.60. The van der Waals surface area contributed by atoms with Crippen LogP contribution in [0.1, 0.15) is 30.1 Å². The molecule has 1 saturated heterocycles. The van der Waals surface area contributed by atoms with E-state index in [9.17, 15) is 9.59 Å². The van der Waals surface area contributed by atoms with Crippen molar-refractivity contribution in [1.29, 1.82) is 0 Å². The van der Waals surface area contributed by atoms with Gasteiger partial charge in [0.05, 0.1) is 21.3 Å². The molecule has 2 rings (SSSR count). The Morgan fingerprint density at radius 2 is 1.72 bits per heavy atom. The summed E-state index contributed by atoms with van der Waals surface area (Å²) in [6, 6.07) is 3.02. The van der Waals surface area contributed by atoms with Crippen LogP contribution >= 0.6 is 0 Å². The molecule has 1 aromatic rings. The minimum Gasteiger partial charge on any atom is -0.496 e. The summed E-state index contributed by atoms with van der Waals surface area (Å²) < 4.78 is 20.8. The Kier molecular flexibility index (Phi) is 6.50. The summed E-state index contributed by atoms with van der Waals surface area (Å²) in [5.74, 6) is 0.761. The summed E-state index contributed by atoms with van der Waals surface area (Å²) in [4.78, 5) is 26.3. The molecule has 25 heavy (non-hydrogen) atoms. The fourth-order valence-electron chi connectivity index (χ4n) is 2.90. The molecule has 0 saturated carbocycles. The van der Waals surface area contributed by atoms with Crippen LogP contribution in [0.4, 0.5) is 0 Å². The fraction of sp³-hybridized carbons (Fsp3) is 0.556. The maximum absolute atomic E-state index is 12.4. The van der Waals surface area contributed by atoms with Crippen molar-refractivity contribution in [3.8, 4) is 17.2 Å². The van der Waals surface area contributed by atoms with Gasteiger partial charge in [-0.1, -0.05) is 6.92 Å². The van der Waals surface area contributed by atoms with Crippen molar-refractivity contribution in [2.75, 3.05) is 41.0 Å². The number of hydrogen-bond acceptors (Lipinski definition) is 6. The van der Waals surface area contributed by atoms with Gasteiger partial charge in [0.25, 0.3) is 5.91 Å². The van der Waals surface area contributed by atoms with E-state index in [1.54, 1.807) is 11.0 Å². The van der Waals surface area contributed by atoms with E-state index in [1.807, 2.05) is 0 Å². The van der Waals surface area contributed by atoms with Gasteiger partial charge in [-0.2, -0.15) is 0 Å². The van der Waals surface area contributed by atoms with Crippen molar-refractivity contribution in [2.45, 2.75) is 19.8 Å². The van der Waals surface area contributed by atoms with Crippen molar-refractivity contribution in [1.82, 2.24) is 4.90 Å². The first-order chi connectivity index (χ1) is 12.0. The van der Waals surface area contributed by atoms with Crippen LogP contribution < -0.4 is 14.2 Å². The summed E-state index contributed by atoms with van der Waals surface area (Å²) in [7, 11) is 4.41. The van der Waals surface area contributed by atoms with Crippen LogP contribution in [-0.4, -0.2) is 57.8 Å². The smallest absolute Gasteiger partial charge is 0.342 e. The third kappa shape index (κ3) is 4.55. The number of likely N-dealkylation sites (tertiary alicyclic amines) is 1. The topological polar surface area (TPSA) is 74.3 Å². The van der Waals surface area contributed by atoms with Crippen LogP contribution in [0.5, 0.6) is 17.2 Å². The van der Waals surface area contributed by atoms with Crippen LogP contribution in [0.15, 0.2) is 12.1 Å². The van der Waals surface area contributed by atoms with Crippen molar-refractivity contribution < 1.29 is 28.5 Å². The summed E-state index contributed by atoms with van der Waals surface area (Å²) in [6.45, 7) is 3.24. The van der Waals surface area contributed by atoms with Crippen molar-refractivity contribution >= 4 is 11.9 Å². The molecule has 1 amide bonds. The van der Waals surface area contributed by atoms with Gasteiger partial charge < -0.3 is 23.8 Å². The Morgan fingerprint density at radius 3 is 2.32 bits per heavy atom. The standard InChI is InChI=1S/C18H25NO6/c1-12-6-5-7-19(10-12)17(20)11-25-18(21)13-8-15(23-3)16(24-4)9-14(13)22-2/h8-9,12H,5-7,10-11H2,1-4H3. The molecule has 1 aliphatic rings. The van der Waals surface area contributed by atoms with Crippen LogP contribution in [0.3, 0.4) is 0 Å². The number of esters is 1. The first kappa shape index (κ1) is 18.9. The third-order valence-corrected chi connectivity index (χ3v) is 4.26. The zero-order valence-corrected chi connectivity index (χ0v) is 15.2. The van der Waals surface area contributed by atoms with E-state index >= 15 is 0 Å². The maximum atomic E-state index is 12.4. The number of nitrogens with zero attached hydrogens (tertiary/aromatic N) is 1. The van der Waals surface area contributed by atoms with Gasteiger partial charge in [-0.3, -0.25) is 4.79 Å². The molecule has 7 heteroatoms. The minimum atomic E-state index is -0.642. The normalized spacial score (nSPS) is 17.0. The Hall–Kier alpha value is -2.44. The van der Waals surface area contributed by atoms with Gasteiger partial charge in [0.2, 0.25) is 0 Å². The van der Waals surface area contributed by atoms with Crippen LogP contribution in [-0.2, 0) is 9.53 Å². The lowest BCUT2D eigenvalue weighted by Crippen LogP contribution is -2.41. The number of methoxy groups -OCH3 is 3. The second-order valence-corrected chi connectivity index (χ2v) is 6.07. The molecule has 1 unspecified atom stereocenters. The molecule has 1 fully saturated rings. The lowest BCUT2D eigenvalue weighted by atomic mass is 10.0. The molecule has 1 heterocycles. The molecule has 138 valence electrons. The fourth-order valence-corrected chi connectivity index (χ4v) is 2.90. The van der Waals surface area contributed by atoms with E-state index in [0.29, 0.717) is 36.3 Å². The van der Waals surface area contributed by atoms with E-state index in [-0.39, 0.29) is 18.1 Å². The van der Waals surface area contributed by atoms with Crippen LogP contribution in [0.25, 0.3) is 0 Å². The van der Waals surface area contributed by atoms with Crippen molar-refractivity contribution in [3.63, 3.8) is 0 Å². The number of ether oxygens (including phenoxy) is 4. The van der Waals surface area contributed by atoms with Gasteiger partial charge in [0.1, 0.15) is 11.3 Å². The lowest BCUT2D eigenvalue weighted by Gasteiger charge is -2.30. The van der Waals surface area contributed by atoms with Crippen molar-refractivity contribution in [2.24, 2.45) is 5.92 Å². The number of rotatable bonds is 6. The summed E-state index contributed by atoms with van der Waals surface area (Å²) >= 11 is 0. The number of benzene rings is 1.